The molecule has 94 valence electrons. The molecule has 3 rings (SSSR count). The van der Waals surface area contributed by atoms with E-state index in [2.05, 4.69) is 18.0 Å². The maximum Gasteiger partial charge on any atom is 0.115 e. The van der Waals surface area contributed by atoms with E-state index in [0.29, 0.717) is 11.2 Å². The highest BCUT2D eigenvalue weighted by Gasteiger charge is 2.41. The lowest BCUT2D eigenvalue weighted by Gasteiger charge is -2.35. The number of benzene rings is 1. The van der Waals surface area contributed by atoms with Gasteiger partial charge in [0.15, 0.2) is 0 Å². The van der Waals surface area contributed by atoms with Gasteiger partial charge in [0.05, 0.1) is 0 Å². The van der Waals surface area contributed by atoms with Crippen molar-refractivity contribution >= 4 is 17.0 Å². The van der Waals surface area contributed by atoms with Gasteiger partial charge in [0, 0.05) is 12.0 Å². The number of likely N-dealkylation sites (N-methyl/N-ethyl adjacent to an activating group) is 1. The van der Waals surface area contributed by atoms with Crippen molar-refractivity contribution < 1.29 is 5.11 Å². The molecule has 1 aromatic carbocycles. The summed E-state index contributed by atoms with van der Waals surface area (Å²) in [5, 5.41) is 9.56. The molecule has 0 aromatic heterocycles. The Labute approximate surface area is 113 Å². The van der Waals surface area contributed by atoms with E-state index in [1.54, 1.807) is 0 Å². The average molecular weight is 298 g/mol. The molecule has 1 spiro atoms. The third kappa shape index (κ3) is 2.11. The number of phenolic OH excluding ortho intramolecular Hbond substituents is 1. The van der Waals surface area contributed by atoms with Gasteiger partial charge in [-0.2, -0.15) is 0 Å². The van der Waals surface area contributed by atoms with Gasteiger partial charge in [-0.25, -0.2) is 0 Å². The van der Waals surface area contributed by atoms with Crippen molar-refractivity contribution in [2.45, 2.75) is 31.1 Å². The molecule has 3 heteroatoms. The van der Waals surface area contributed by atoms with Crippen molar-refractivity contribution in [2.24, 2.45) is 0 Å². The topological polar surface area (TPSA) is 23.5 Å². The summed E-state index contributed by atoms with van der Waals surface area (Å²) < 4.78 is 0. The van der Waals surface area contributed by atoms with Crippen molar-refractivity contribution in [2.75, 3.05) is 20.1 Å². The first kappa shape index (κ1) is 12.9. The van der Waals surface area contributed by atoms with Crippen LogP contribution in [0.5, 0.6) is 5.75 Å². The fourth-order valence-corrected chi connectivity index (χ4v) is 3.56. The van der Waals surface area contributed by atoms with Crippen molar-refractivity contribution in [3.63, 3.8) is 0 Å². The Morgan fingerprint density at radius 2 is 2.12 bits per heavy atom. The number of fused-ring (bicyclic) bond motifs is 2. The van der Waals surface area contributed by atoms with Gasteiger partial charge in [0.1, 0.15) is 5.75 Å². The first-order valence-corrected chi connectivity index (χ1v) is 6.21. The van der Waals surface area contributed by atoms with Gasteiger partial charge in [-0.05, 0) is 62.5 Å². The highest BCUT2D eigenvalue weighted by molar-refractivity contribution is 8.93. The Hall–Kier alpha value is -0.540. The van der Waals surface area contributed by atoms with E-state index in [1.807, 2.05) is 12.1 Å². The van der Waals surface area contributed by atoms with Crippen molar-refractivity contribution in [1.29, 1.82) is 0 Å². The van der Waals surface area contributed by atoms with Crippen LogP contribution >= 0.6 is 17.0 Å². The van der Waals surface area contributed by atoms with Crippen LogP contribution in [0.3, 0.4) is 0 Å². The molecule has 2 nitrogen and oxygen atoms in total. The molecule has 1 heterocycles. The van der Waals surface area contributed by atoms with Gasteiger partial charge in [-0.1, -0.05) is 6.07 Å². The first-order valence-electron chi connectivity index (χ1n) is 6.21. The predicted molar refractivity (Wildman–Crippen MR) is 75.2 cm³/mol. The van der Waals surface area contributed by atoms with Gasteiger partial charge >= 0.3 is 0 Å². The lowest BCUT2D eigenvalue weighted by molar-refractivity contribution is 0.334. The van der Waals surface area contributed by atoms with E-state index < -0.39 is 0 Å². The summed E-state index contributed by atoms with van der Waals surface area (Å²) in [6.07, 6.45) is 5.00. The average Bonchev–Trinajstić information content (AvgIpc) is 2.61. The molecule has 0 amide bonds. The number of aromatic hydroxyl groups is 1. The molecule has 2 aliphatic rings. The number of halogens is 1. The quantitative estimate of drug-likeness (QED) is 0.796. The smallest absolute Gasteiger partial charge is 0.115 e. The summed E-state index contributed by atoms with van der Waals surface area (Å²) in [7, 11) is 2.21. The Bertz CT molecular complexity index is 421. The van der Waals surface area contributed by atoms with Crippen LogP contribution in [0.2, 0.25) is 0 Å². The van der Waals surface area contributed by atoms with Crippen LogP contribution in [0.4, 0.5) is 0 Å². The Balaban J connectivity index is 0.00000108. The van der Waals surface area contributed by atoms with E-state index in [1.165, 1.54) is 43.5 Å². The Morgan fingerprint density at radius 1 is 1.29 bits per heavy atom. The molecule has 1 aliphatic carbocycles. The summed E-state index contributed by atoms with van der Waals surface area (Å²) in [6, 6.07) is 5.97. The van der Waals surface area contributed by atoms with Crippen LogP contribution in [0, 0.1) is 0 Å². The van der Waals surface area contributed by atoms with E-state index in [0.717, 1.165) is 6.42 Å². The van der Waals surface area contributed by atoms with Crippen LogP contribution in [0.25, 0.3) is 0 Å². The SMILES string of the molecule is Br.CN1CCC2(CCCc3cc(O)ccc32)C1. The maximum absolute atomic E-state index is 9.56. The number of rotatable bonds is 0. The number of hydrogen-bond acceptors (Lipinski definition) is 2. The molecule has 1 unspecified atom stereocenters. The highest BCUT2D eigenvalue weighted by Crippen LogP contribution is 2.44. The van der Waals surface area contributed by atoms with Gasteiger partial charge in [-0.15, -0.1) is 17.0 Å². The third-order valence-electron chi connectivity index (χ3n) is 4.31. The highest BCUT2D eigenvalue weighted by atomic mass is 79.9. The van der Waals surface area contributed by atoms with Crippen LogP contribution in [0.15, 0.2) is 18.2 Å². The summed E-state index contributed by atoms with van der Waals surface area (Å²) in [6.45, 7) is 2.39. The normalized spacial score (nSPS) is 27.8. The molecule has 0 saturated carbocycles. The minimum atomic E-state index is 0. The predicted octanol–water partition coefficient (Wildman–Crippen LogP) is 2.88. The zero-order valence-electron chi connectivity index (χ0n) is 10.3. The second kappa shape index (κ2) is 4.62. The Kier molecular flexibility index (Phi) is 3.50. The van der Waals surface area contributed by atoms with E-state index >= 15 is 0 Å². The molecule has 1 saturated heterocycles. The molecule has 1 aromatic rings. The lowest BCUT2D eigenvalue weighted by Crippen LogP contribution is -2.33. The second-order valence-electron chi connectivity index (χ2n) is 5.46. The standard InChI is InChI=1S/C14H19NO.BrH/c1-15-8-7-14(10-15)6-2-3-11-9-12(16)4-5-13(11)14;/h4-5,9,16H,2-3,6-8,10H2,1H3;1H. The fourth-order valence-electron chi connectivity index (χ4n) is 3.56. The number of hydrogen-bond donors (Lipinski definition) is 1. The van der Waals surface area contributed by atoms with Crippen molar-refractivity contribution in [3.05, 3.63) is 29.3 Å². The summed E-state index contributed by atoms with van der Waals surface area (Å²) >= 11 is 0. The molecule has 1 fully saturated rings. The largest absolute Gasteiger partial charge is 0.508 e. The van der Waals surface area contributed by atoms with Gasteiger partial charge < -0.3 is 10.0 Å². The number of nitrogens with zero attached hydrogens (tertiary/aromatic N) is 1. The molecule has 1 aliphatic heterocycles. The molecule has 17 heavy (non-hydrogen) atoms. The second-order valence-corrected chi connectivity index (χ2v) is 5.46. The van der Waals surface area contributed by atoms with Crippen LogP contribution in [0.1, 0.15) is 30.4 Å². The van der Waals surface area contributed by atoms with Crippen LogP contribution in [-0.2, 0) is 11.8 Å². The molecule has 1 N–H and O–H groups in total. The zero-order chi connectivity index (χ0) is 11.2. The number of phenols is 1. The van der Waals surface area contributed by atoms with Crippen LogP contribution in [-0.4, -0.2) is 30.1 Å². The minimum Gasteiger partial charge on any atom is -0.508 e. The van der Waals surface area contributed by atoms with Gasteiger partial charge in [0.2, 0.25) is 0 Å². The molecular formula is C14H20BrNO. The van der Waals surface area contributed by atoms with Crippen molar-refractivity contribution in [1.82, 2.24) is 4.90 Å². The summed E-state index contributed by atoms with van der Waals surface area (Å²) in [5.41, 5.74) is 3.26. The monoisotopic (exact) mass is 297 g/mol. The molecule has 1 atom stereocenters. The zero-order valence-corrected chi connectivity index (χ0v) is 12.0. The number of aryl methyl sites for hydroxylation is 1. The number of likely N-dealkylation sites (tertiary alicyclic amines) is 1. The summed E-state index contributed by atoms with van der Waals surface area (Å²) in [5.74, 6) is 0.419. The van der Waals surface area contributed by atoms with Gasteiger partial charge in [-0.3, -0.25) is 0 Å². The first-order chi connectivity index (χ1) is 7.70. The van der Waals surface area contributed by atoms with Gasteiger partial charge in [0.25, 0.3) is 0 Å². The van der Waals surface area contributed by atoms with E-state index in [4.69, 9.17) is 0 Å². The summed E-state index contributed by atoms with van der Waals surface area (Å²) in [4.78, 5) is 2.43. The fraction of sp³-hybridized carbons (Fsp3) is 0.571. The third-order valence-corrected chi connectivity index (χ3v) is 4.31. The minimum absolute atomic E-state index is 0. The van der Waals surface area contributed by atoms with E-state index in [9.17, 15) is 5.11 Å². The van der Waals surface area contributed by atoms with Crippen LogP contribution < -0.4 is 0 Å². The molecule has 0 radical (unpaired) electrons. The molecule has 0 bridgehead atoms. The molecular weight excluding hydrogens is 278 g/mol. The van der Waals surface area contributed by atoms with E-state index in [-0.39, 0.29) is 17.0 Å². The maximum atomic E-state index is 9.56. The van der Waals surface area contributed by atoms with Crippen molar-refractivity contribution in [3.8, 4) is 5.75 Å². The lowest BCUT2D eigenvalue weighted by atomic mass is 9.69. The Morgan fingerprint density at radius 3 is 2.82 bits per heavy atom.